The van der Waals surface area contributed by atoms with E-state index >= 15 is 0 Å². The lowest BCUT2D eigenvalue weighted by Gasteiger charge is -2.39. The van der Waals surface area contributed by atoms with E-state index in [0.29, 0.717) is 5.41 Å². The van der Waals surface area contributed by atoms with Crippen LogP contribution in [-0.2, 0) is 0 Å². The standard InChI is InChI=1S/C15H23N3/c1-11-4-5-13(12(10-11)14(16)17)18-8-6-15(2,3)7-9-18/h4-5,10H,6-9H2,1-3H3,(H3,16,17). The van der Waals surface area contributed by atoms with Gasteiger partial charge in [-0.1, -0.05) is 25.5 Å². The predicted molar refractivity (Wildman–Crippen MR) is 77.4 cm³/mol. The number of nitrogens with two attached hydrogens (primary N) is 1. The van der Waals surface area contributed by atoms with Crippen LogP contribution < -0.4 is 10.6 Å². The van der Waals surface area contributed by atoms with E-state index in [0.717, 1.165) is 29.9 Å². The maximum Gasteiger partial charge on any atom is 0.124 e. The molecule has 1 aliphatic rings. The van der Waals surface area contributed by atoms with Crippen molar-refractivity contribution in [2.24, 2.45) is 11.1 Å². The number of hydrogen-bond acceptors (Lipinski definition) is 2. The SMILES string of the molecule is Cc1ccc(N2CCC(C)(C)CC2)c(C(=N)N)c1. The Morgan fingerprint density at radius 1 is 1.28 bits per heavy atom. The summed E-state index contributed by atoms with van der Waals surface area (Å²) in [6.45, 7) is 8.79. The summed E-state index contributed by atoms with van der Waals surface area (Å²) < 4.78 is 0. The Labute approximate surface area is 109 Å². The second kappa shape index (κ2) is 4.63. The van der Waals surface area contributed by atoms with Gasteiger partial charge in [0.2, 0.25) is 0 Å². The molecule has 1 heterocycles. The van der Waals surface area contributed by atoms with Crippen LogP contribution in [0.3, 0.4) is 0 Å². The van der Waals surface area contributed by atoms with Gasteiger partial charge in [0.25, 0.3) is 0 Å². The quantitative estimate of drug-likeness (QED) is 0.622. The second-order valence-electron chi connectivity index (χ2n) is 6.09. The Bertz CT molecular complexity index is 453. The number of aryl methyl sites for hydroxylation is 1. The number of benzene rings is 1. The van der Waals surface area contributed by atoms with Gasteiger partial charge in [0.15, 0.2) is 0 Å². The van der Waals surface area contributed by atoms with Gasteiger partial charge in [0.1, 0.15) is 5.84 Å². The molecule has 0 atom stereocenters. The zero-order chi connectivity index (χ0) is 13.3. The fourth-order valence-electron chi connectivity index (χ4n) is 2.49. The molecule has 0 aromatic heterocycles. The van der Waals surface area contributed by atoms with E-state index in [1.807, 2.05) is 13.0 Å². The first-order valence-corrected chi connectivity index (χ1v) is 6.59. The van der Waals surface area contributed by atoms with Crippen molar-refractivity contribution in [3.8, 4) is 0 Å². The largest absolute Gasteiger partial charge is 0.384 e. The highest BCUT2D eigenvalue weighted by atomic mass is 15.1. The van der Waals surface area contributed by atoms with Crippen molar-refractivity contribution in [2.75, 3.05) is 18.0 Å². The predicted octanol–water partition coefficient (Wildman–Crippen LogP) is 2.91. The summed E-state index contributed by atoms with van der Waals surface area (Å²) in [7, 11) is 0. The van der Waals surface area contributed by atoms with Crippen LogP contribution in [0.15, 0.2) is 18.2 Å². The van der Waals surface area contributed by atoms with Gasteiger partial charge in [-0.2, -0.15) is 0 Å². The van der Waals surface area contributed by atoms with Crippen LogP contribution in [0.25, 0.3) is 0 Å². The average Bonchev–Trinajstić information content (AvgIpc) is 2.29. The summed E-state index contributed by atoms with van der Waals surface area (Å²) in [4.78, 5) is 2.36. The van der Waals surface area contributed by atoms with Crippen molar-refractivity contribution >= 4 is 11.5 Å². The summed E-state index contributed by atoms with van der Waals surface area (Å²) in [5, 5.41) is 7.72. The van der Waals surface area contributed by atoms with Gasteiger partial charge < -0.3 is 10.6 Å². The fraction of sp³-hybridized carbons (Fsp3) is 0.533. The Balaban J connectivity index is 2.26. The number of nitrogens with one attached hydrogen (secondary N) is 1. The van der Waals surface area contributed by atoms with Gasteiger partial charge in [-0.15, -0.1) is 0 Å². The van der Waals surface area contributed by atoms with Crippen LogP contribution >= 0.6 is 0 Å². The van der Waals surface area contributed by atoms with E-state index in [9.17, 15) is 0 Å². The minimum atomic E-state index is 0.165. The number of rotatable bonds is 2. The van der Waals surface area contributed by atoms with Crippen molar-refractivity contribution in [2.45, 2.75) is 33.6 Å². The van der Waals surface area contributed by atoms with Gasteiger partial charge in [0, 0.05) is 24.3 Å². The van der Waals surface area contributed by atoms with Crippen LogP contribution in [0.1, 0.15) is 37.8 Å². The number of nitrogen functional groups attached to an aromatic ring is 1. The molecule has 2 rings (SSSR count). The van der Waals surface area contributed by atoms with Crippen molar-refractivity contribution in [3.05, 3.63) is 29.3 Å². The van der Waals surface area contributed by atoms with E-state index in [-0.39, 0.29) is 5.84 Å². The molecular formula is C15H23N3. The monoisotopic (exact) mass is 245 g/mol. The summed E-state index contributed by atoms with van der Waals surface area (Å²) in [5.74, 6) is 0.165. The van der Waals surface area contributed by atoms with Gasteiger partial charge in [-0.3, -0.25) is 5.41 Å². The Morgan fingerprint density at radius 3 is 2.44 bits per heavy atom. The molecule has 0 unspecified atom stereocenters. The van der Waals surface area contributed by atoms with Crippen LogP contribution in [0.2, 0.25) is 0 Å². The van der Waals surface area contributed by atoms with Crippen LogP contribution in [-0.4, -0.2) is 18.9 Å². The van der Waals surface area contributed by atoms with E-state index in [4.69, 9.17) is 11.1 Å². The highest BCUT2D eigenvalue weighted by molar-refractivity contribution is 6.00. The highest BCUT2D eigenvalue weighted by Gasteiger charge is 2.26. The number of amidine groups is 1. The zero-order valence-corrected chi connectivity index (χ0v) is 11.6. The molecule has 1 saturated heterocycles. The summed E-state index contributed by atoms with van der Waals surface area (Å²) in [5.41, 5.74) is 9.28. The van der Waals surface area contributed by atoms with Crippen molar-refractivity contribution in [1.29, 1.82) is 5.41 Å². The van der Waals surface area contributed by atoms with Crippen LogP contribution in [0, 0.1) is 17.7 Å². The molecule has 3 nitrogen and oxygen atoms in total. The normalized spacial score (nSPS) is 18.7. The van der Waals surface area contributed by atoms with Crippen LogP contribution in [0.5, 0.6) is 0 Å². The molecule has 3 N–H and O–H groups in total. The third-order valence-electron chi connectivity index (χ3n) is 3.90. The molecule has 3 heteroatoms. The topological polar surface area (TPSA) is 53.1 Å². The Morgan fingerprint density at radius 2 is 1.89 bits per heavy atom. The van der Waals surface area contributed by atoms with Gasteiger partial charge in [0.05, 0.1) is 0 Å². The molecular weight excluding hydrogens is 222 g/mol. The first kappa shape index (κ1) is 12.9. The molecule has 1 fully saturated rings. The van der Waals surface area contributed by atoms with Crippen molar-refractivity contribution in [3.63, 3.8) is 0 Å². The molecule has 0 amide bonds. The molecule has 98 valence electrons. The lowest BCUT2D eigenvalue weighted by Crippen LogP contribution is -2.38. The second-order valence-corrected chi connectivity index (χ2v) is 6.09. The maximum atomic E-state index is 7.72. The fourth-order valence-corrected chi connectivity index (χ4v) is 2.49. The summed E-state index contributed by atoms with van der Waals surface area (Å²) >= 11 is 0. The molecule has 1 aliphatic heterocycles. The number of piperidine rings is 1. The third-order valence-corrected chi connectivity index (χ3v) is 3.90. The van der Waals surface area contributed by atoms with Crippen LogP contribution in [0.4, 0.5) is 5.69 Å². The lowest BCUT2D eigenvalue weighted by atomic mass is 9.82. The van der Waals surface area contributed by atoms with E-state index in [1.165, 1.54) is 12.8 Å². The van der Waals surface area contributed by atoms with Gasteiger partial charge in [-0.05, 0) is 37.3 Å². The van der Waals surface area contributed by atoms with E-state index < -0.39 is 0 Å². The molecule has 0 radical (unpaired) electrons. The highest BCUT2D eigenvalue weighted by Crippen LogP contribution is 2.33. The molecule has 0 aliphatic carbocycles. The minimum absolute atomic E-state index is 0.165. The zero-order valence-electron chi connectivity index (χ0n) is 11.6. The molecule has 1 aromatic carbocycles. The average molecular weight is 245 g/mol. The summed E-state index contributed by atoms with van der Waals surface area (Å²) in [6, 6.07) is 6.21. The lowest BCUT2D eigenvalue weighted by molar-refractivity contribution is 0.280. The first-order valence-electron chi connectivity index (χ1n) is 6.59. The summed E-state index contributed by atoms with van der Waals surface area (Å²) in [6.07, 6.45) is 2.39. The van der Waals surface area contributed by atoms with Gasteiger partial charge in [-0.25, -0.2) is 0 Å². The molecule has 0 saturated carbocycles. The molecule has 1 aromatic rings. The van der Waals surface area contributed by atoms with Crippen molar-refractivity contribution in [1.82, 2.24) is 0 Å². The molecule has 0 bridgehead atoms. The smallest absolute Gasteiger partial charge is 0.124 e. The van der Waals surface area contributed by atoms with E-state index in [1.54, 1.807) is 0 Å². The third kappa shape index (κ3) is 2.66. The molecule has 18 heavy (non-hydrogen) atoms. The minimum Gasteiger partial charge on any atom is -0.384 e. The first-order chi connectivity index (χ1) is 8.39. The Hall–Kier alpha value is -1.51. The van der Waals surface area contributed by atoms with Crippen molar-refractivity contribution < 1.29 is 0 Å². The molecule has 0 spiro atoms. The van der Waals surface area contributed by atoms with E-state index in [2.05, 4.69) is 30.9 Å². The number of nitrogens with zero attached hydrogens (tertiary/aromatic N) is 1. The Kier molecular flexibility index (Phi) is 3.33. The number of anilines is 1. The van der Waals surface area contributed by atoms with Gasteiger partial charge >= 0.3 is 0 Å². The number of hydrogen-bond donors (Lipinski definition) is 2. The maximum absolute atomic E-state index is 7.72.